The maximum Gasteiger partial charge on any atom is 0.261 e. The summed E-state index contributed by atoms with van der Waals surface area (Å²) in [6, 6.07) is 2.43. The summed E-state index contributed by atoms with van der Waals surface area (Å²) >= 11 is 1.68. The molecule has 0 aliphatic carbocycles. The van der Waals surface area contributed by atoms with Crippen LogP contribution >= 0.6 is 11.3 Å². The van der Waals surface area contributed by atoms with Crippen molar-refractivity contribution in [1.29, 1.82) is 0 Å². The minimum absolute atomic E-state index is 0.119. The van der Waals surface area contributed by atoms with Gasteiger partial charge in [-0.3, -0.25) is 4.79 Å². The Balaban J connectivity index is 2.01. The highest BCUT2D eigenvalue weighted by molar-refractivity contribution is 7.14. The number of thiophene rings is 1. The number of piperidine rings is 1. The molecular formula is C15H24N2OS. The minimum Gasteiger partial charge on any atom is -0.349 e. The number of hydrogen-bond donors (Lipinski definition) is 2. The molecule has 1 fully saturated rings. The number of carbonyl (C=O) groups excluding carboxylic acids is 1. The largest absolute Gasteiger partial charge is 0.349 e. The summed E-state index contributed by atoms with van der Waals surface area (Å²) in [7, 11) is 0. The van der Waals surface area contributed by atoms with E-state index < -0.39 is 0 Å². The van der Waals surface area contributed by atoms with Gasteiger partial charge >= 0.3 is 0 Å². The number of nitrogens with one attached hydrogen (secondary N) is 2. The van der Waals surface area contributed by atoms with Crippen LogP contribution in [-0.2, 0) is 12.8 Å². The SMILES string of the molecule is CCCc1sc(C(=O)NC2CCNCC2)cc1CC. The normalized spacial score (nSPS) is 16.5. The second-order valence-corrected chi connectivity index (χ2v) is 6.30. The van der Waals surface area contributed by atoms with Crippen LogP contribution in [0, 0.1) is 0 Å². The van der Waals surface area contributed by atoms with Crippen LogP contribution in [0.2, 0.25) is 0 Å². The van der Waals surface area contributed by atoms with E-state index in [-0.39, 0.29) is 5.91 Å². The molecule has 0 aromatic carbocycles. The molecule has 0 radical (unpaired) electrons. The molecule has 0 saturated carbocycles. The number of hydrogen-bond acceptors (Lipinski definition) is 3. The van der Waals surface area contributed by atoms with Crippen molar-refractivity contribution in [3.8, 4) is 0 Å². The molecule has 0 unspecified atom stereocenters. The lowest BCUT2D eigenvalue weighted by Crippen LogP contribution is -2.42. The zero-order valence-electron chi connectivity index (χ0n) is 11.9. The van der Waals surface area contributed by atoms with E-state index in [1.807, 2.05) is 0 Å². The third-order valence-electron chi connectivity index (χ3n) is 3.65. The highest BCUT2D eigenvalue weighted by Crippen LogP contribution is 2.24. The molecule has 2 rings (SSSR count). The van der Waals surface area contributed by atoms with E-state index in [2.05, 4.69) is 30.5 Å². The lowest BCUT2D eigenvalue weighted by atomic mass is 10.1. The monoisotopic (exact) mass is 280 g/mol. The van der Waals surface area contributed by atoms with Gasteiger partial charge < -0.3 is 10.6 Å². The average Bonchev–Trinajstić information content (AvgIpc) is 2.83. The highest BCUT2D eigenvalue weighted by atomic mass is 32.1. The van der Waals surface area contributed by atoms with Gasteiger partial charge in [-0.15, -0.1) is 11.3 Å². The van der Waals surface area contributed by atoms with E-state index in [4.69, 9.17) is 0 Å². The Morgan fingerprint density at radius 1 is 1.42 bits per heavy atom. The molecular weight excluding hydrogens is 256 g/mol. The fraction of sp³-hybridized carbons (Fsp3) is 0.667. The van der Waals surface area contributed by atoms with Crippen LogP contribution in [-0.4, -0.2) is 25.0 Å². The standard InChI is InChI=1S/C15H24N2OS/c1-3-5-13-11(4-2)10-14(19-13)15(18)17-12-6-8-16-9-7-12/h10,12,16H,3-9H2,1-2H3,(H,17,18). The van der Waals surface area contributed by atoms with E-state index in [9.17, 15) is 4.79 Å². The van der Waals surface area contributed by atoms with E-state index >= 15 is 0 Å². The lowest BCUT2D eigenvalue weighted by molar-refractivity contribution is 0.0933. The predicted molar refractivity (Wildman–Crippen MR) is 81.0 cm³/mol. The Morgan fingerprint density at radius 3 is 2.79 bits per heavy atom. The van der Waals surface area contributed by atoms with Crippen molar-refractivity contribution in [3.05, 3.63) is 21.4 Å². The average molecular weight is 280 g/mol. The molecule has 0 bridgehead atoms. The second kappa shape index (κ2) is 7.06. The molecule has 0 atom stereocenters. The van der Waals surface area contributed by atoms with Crippen molar-refractivity contribution >= 4 is 17.2 Å². The van der Waals surface area contributed by atoms with Crippen LogP contribution in [0.1, 0.15) is 53.2 Å². The molecule has 2 heterocycles. The van der Waals surface area contributed by atoms with Gasteiger partial charge in [0.2, 0.25) is 0 Å². The number of carbonyl (C=O) groups is 1. The first-order valence-electron chi connectivity index (χ1n) is 7.37. The maximum atomic E-state index is 12.3. The Hall–Kier alpha value is -0.870. The summed E-state index contributed by atoms with van der Waals surface area (Å²) in [6.45, 7) is 6.37. The van der Waals surface area contributed by atoms with Gasteiger partial charge in [-0.25, -0.2) is 0 Å². The predicted octanol–water partition coefficient (Wildman–Crippen LogP) is 2.74. The Bertz CT molecular complexity index is 422. The van der Waals surface area contributed by atoms with Crippen LogP contribution in [0.4, 0.5) is 0 Å². The van der Waals surface area contributed by atoms with Gasteiger partial charge in [0.15, 0.2) is 0 Å². The first kappa shape index (κ1) is 14.5. The smallest absolute Gasteiger partial charge is 0.261 e. The van der Waals surface area contributed by atoms with Crippen LogP contribution in [0.5, 0.6) is 0 Å². The summed E-state index contributed by atoms with van der Waals surface area (Å²) in [5.41, 5.74) is 1.35. The molecule has 106 valence electrons. The first-order chi connectivity index (χ1) is 9.24. The van der Waals surface area contributed by atoms with Crippen molar-refractivity contribution < 1.29 is 4.79 Å². The van der Waals surface area contributed by atoms with Crippen molar-refractivity contribution in [3.63, 3.8) is 0 Å². The molecule has 4 heteroatoms. The maximum absolute atomic E-state index is 12.3. The lowest BCUT2D eigenvalue weighted by Gasteiger charge is -2.23. The fourth-order valence-corrected chi connectivity index (χ4v) is 3.80. The van der Waals surface area contributed by atoms with Crippen LogP contribution in [0.25, 0.3) is 0 Å². The molecule has 1 saturated heterocycles. The zero-order chi connectivity index (χ0) is 13.7. The Kier molecular flexibility index (Phi) is 5.40. The molecule has 1 amide bonds. The number of aryl methyl sites for hydroxylation is 2. The molecule has 3 nitrogen and oxygen atoms in total. The van der Waals surface area contributed by atoms with Crippen molar-refractivity contribution in [2.24, 2.45) is 0 Å². The molecule has 1 aliphatic heterocycles. The van der Waals surface area contributed by atoms with Crippen molar-refractivity contribution in [2.45, 2.75) is 52.0 Å². The number of rotatable bonds is 5. The van der Waals surface area contributed by atoms with E-state index in [0.29, 0.717) is 6.04 Å². The van der Waals surface area contributed by atoms with Crippen molar-refractivity contribution in [1.82, 2.24) is 10.6 Å². The number of amides is 1. The van der Waals surface area contributed by atoms with Gasteiger partial charge in [0.25, 0.3) is 5.91 Å². The molecule has 1 aromatic rings. The topological polar surface area (TPSA) is 41.1 Å². The van der Waals surface area contributed by atoms with Gasteiger partial charge in [0, 0.05) is 10.9 Å². The molecule has 0 spiro atoms. The Labute approximate surface area is 119 Å². The Morgan fingerprint density at radius 2 is 2.16 bits per heavy atom. The fourth-order valence-electron chi connectivity index (χ4n) is 2.54. The van der Waals surface area contributed by atoms with E-state index in [1.54, 1.807) is 11.3 Å². The summed E-state index contributed by atoms with van der Waals surface area (Å²) in [5, 5.41) is 6.49. The second-order valence-electron chi connectivity index (χ2n) is 5.16. The summed E-state index contributed by atoms with van der Waals surface area (Å²) in [5.74, 6) is 0.119. The molecule has 1 aromatic heterocycles. The first-order valence-corrected chi connectivity index (χ1v) is 8.19. The van der Waals surface area contributed by atoms with Gasteiger partial charge in [0.05, 0.1) is 4.88 Å². The van der Waals surface area contributed by atoms with Crippen LogP contribution < -0.4 is 10.6 Å². The summed E-state index contributed by atoms with van der Waals surface area (Å²) < 4.78 is 0. The van der Waals surface area contributed by atoms with Gasteiger partial charge in [0.1, 0.15) is 0 Å². The third kappa shape index (κ3) is 3.80. The molecule has 2 N–H and O–H groups in total. The summed E-state index contributed by atoms with van der Waals surface area (Å²) in [6.07, 6.45) is 5.34. The van der Waals surface area contributed by atoms with Gasteiger partial charge in [-0.05, 0) is 50.4 Å². The zero-order valence-corrected chi connectivity index (χ0v) is 12.7. The quantitative estimate of drug-likeness (QED) is 0.871. The van der Waals surface area contributed by atoms with Crippen LogP contribution in [0.15, 0.2) is 6.07 Å². The third-order valence-corrected chi connectivity index (χ3v) is 4.89. The van der Waals surface area contributed by atoms with E-state index in [0.717, 1.165) is 50.1 Å². The minimum atomic E-state index is 0.119. The van der Waals surface area contributed by atoms with Gasteiger partial charge in [-0.2, -0.15) is 0 Å². The van der Waals surface area contributed by atoms with Crippen LogP contribution in [0.3, 0.4) is 0 Å². The van der Waals surface area contributed by atoms with Crippen molar-refractivity contribution in [2.75, 3.05) is 13.1 Å². The molecule has 19 heavy (non-hydrogen) atoms. The highest BCUT2D eigenvalue weighted by Gasteiger charge is 2.18. The summed E-state index contributed by atoms with van der Waals surface area (Å²) in [4.78, 5) is 14.6. The van der Waals surface area contributed by atoms with Gasteiger partial charge in [-0.1, -0.05) is 20.3 Å². The molecule has 1 aliphatic rings. The van der Waals surface area contributed by atoms with E-state index in [1.165, 1.54) is 10.4 Å².